The molecule has 0 saturated heterocycles. The van der Waals surface area contributed by atoms with Crippen molar-refractivity contribution in [3.05, 3.63) is 64.0 Å². The van der Waals surface area contributed by atoms with Gasteiger partial charge in [0.1, 0.15) is 10.6 Å². The van der Waals surface area contributed by atoms with Crippen molar-refractivity contribution in [2.24, 2.45) is 0 Å². The van der Waals surface area contributed by atoms with E-state index in [1.54, 1.807) is 25.1 Å². The molecule has 154 valence electrons. The van der Waals surface area contributed by atoms with Crippen molar-refractivity contribution in [2.45, 2.75) is 20.8 Å². The summed E-state index contributed by atoms with van der Waals surface area (Å²) in [5.74, 6) is 0.322. The molecule has 6 nitrogen and oxygen atoms in total. The molecule has 0 spiro atoms. The van der Waals surface area contributed by atoms with E-state index in [1.165, 1.54) is 16.9 Å². The van der Waals surface area contributed by atoms with Crippen LogP contribution in [0.2, 0.25) is 0 Å². The lowest BCUT2D eigenvalue weighted by atomic mass is 9.99. The minimum Gasteiger partial charge on any atom is -0.462 e. The summed E-state index contributed by atoms with van der Waals surface area (Å²) in [6, 6.07) is 11.0. The number of thiophene rings is 1. The number of aryl methyl sites for hydroxylation is 2. The maximum absolute atomic E-state index is 12.8. The molecule has 1 aliphatic rings. The van der Waals surface area contributed by atoms with Gasteiger partial charge in [0.2, 0.25) is 6.79 Å². The number of anilines is 1. The van der Waals surface area contributed by atoms with Gasteiger partial charge in [-0.1, -0.05) is 18.2 Å². The van der Waals surface area contributed by atoms with Crippen LogP contribution in [-0.2, 0) is 4.74 Å². The molecular weight excluding hydrogens is 402 g/mol. The largest absolute Gasteiger partial charge is 0.462 e. The Kier molecular flexibility index (Phi) is 5.46. The van der Waals surface area contributed by atoms with Gasteiger partial charge in [-0.05, 0) is 55.7 Å². The molecule has 2 aromatic carbocycles. The second-order valence-electron chi connectivity index (χ2n) is 6.90. The average Bonchev–Trinajstić information content (AvgIpc) is 3.36. The van der Waals surface area contributed by atoms with Crippen molar-refractivity contribution in [1.29, 1.82) is 0 Å². The van der Waals surface area contributed by atoms with Crippen LogP contribution in [0.25, 0.3) is 11.1 Å². The first-order valence-electron chi connectivity index (χ1n) is 9.55. The average molecular weight is 423 g/mol. The summed E-state index contributed by atoms with van der Waals surface area (Å²) in [6.45, 7) is 6.20. The van der Waals surface area contributed by atoms with Gasteiger partial charge < -0.3 is 19.5 Å². The molecule has 4 rings (SSSR count). The fourth-order valence-corrected chi connectivity index (χ4v) is 4.14. The first-order valence-corrected chi connectivity index (χ1v) is 10.4. The predicted molar refractivity (Wildman–Crippen MR) is 116 cm³/mol. The van der Waals surface area contributed by atoms with Crippen LogP contribution < -0.4 is 14.8 Å². The molecule has 0 saturated carbocycles. The SMILES string of the molecule is CCOC(=O)c1c(-c2ccc(C)c(C)c2)csc1NC(=O)c1ccc2c(c1)OCO2. The molecule has 0 radical (unpaired) electrons. The minimum atomic E-state index is -0.465. The summed E-state index contributed by atoms with van der Waals surface area (Å²) in [5.41, 5.74) is 4.71. The van der Waals surface area contributed by atoms with Crippen LogP contribution in [0.1, 0.15) is 38.8 Å². The highest BCUT2D eigenvalue weighted by Crippen LogP contribution is 2.38. The van der Waals surface area contributed by atoms with E-state index >= 15 is 0 Å². The summed E-state index contributed by atoms with van der Waals surface area (Å²) in [6.07, 6.45) is 0. The van der Waals surface area contributed by atoms with E-state index < -0.39 is 5.97 Å². The topological polar surface area (TPSA) is 73.9 Å². The number of fused-ring (bicyclic) bond motifs is 1. The molecule has 1 aliphatic heterocycles. The van der Waals surface area contributed by atoms with Crippen molar-refractivity contribution in [3.8, 4) is 22.6 Å². The molecule has 0 bridgehead atoms. The number of hydrogen-bond donors (Lipinski definition) is 1. The zero-order valence-electron chi connectivity index (χ0n) is 16.9. The Morgan fingerprint density at radius 1 is 1.07 bits per heavy atom. The maximum atomic E-state index is 12.8. The molecule has 7 heteroatoms. The number of esters is 1. The van der Waals surface area contributed by atoms with Crippen LogP contribution >= 0.6 is 11.3 Å². The van der Waals surface area contributed by atoms with E-state index in [1.807, 2.05) is 37.4 Å². The number of amides is 1. The van der Waals surface area contributed by atoms with Crippen molar-refractivity contribution in [2.75, 3.05) is 18.7 Å². The standard InChI is InChI=1S/C23H21NO5S/c1-4-27-23(26)20-17(15-6-5-13(2)14(3)9-15)11-30-22(20)24-21(25)16-7-8-18-19(10-16)29-12-28-18/h5-11H,4,12H2,1-3H3,(H,24,25). The molecule has 0 fully saturated rings. The quantitative estimate of drug-likeness (QED) is 0.572. The van der Waals surface area contributed by atoms with Crippen molar-refractivity contribution < 1.29 is 23.8 Å². The Balaban J connectivity index is 1.69. The Bertz CT molecular complexity index is 1130. The fourth-order valence-electron chi connectivity index (χ4n) is 3.19. The van der Waals surface area contributed by atoms with Gasteiger partial charge in [-0.3, -0.25) is 4.79 Å². The molecule has 3 aromatic rings. The molecule has 1 N–H and O–H groups in total. The molecule has 0 atom stereocenters. The van der Waals surface area contributed by atoms with Gasteiger partial charge in [0.05, 0.1) is 6.61 Å². The van der Waals surface area contributed by atoms with E-state index in [9.17, 15) is 9.59 Å². The van der Waals surface area contributed by atoms with E-state index in [4.69, 9.17) is 14.2 Å². The molecule has 0 unspecified atom stereocenters. The Morgan fingerprint density at radius 3 is 2.63 bits per heavy atom. The van der Waals surface area contributed by atoms with Crippen LogP contribution in [0.4, 0.5) is 5.00 Å². The first-order chi connectivity index (χ1) is 14.5. The second kappa shape index (κ2) is 8.20. The van der Waals surface area contributed by atoms with Crippen LogP contribution in [0.3, 0.4) is 0 Å². The molecule has 1 aromatic heterocycles. The van der Waals surface area contributed by atoms with Gasteiger partial charge in [-0.2, -0.15) is 0 Å². The third-order valence-corrected chi connectivity index (χ3v) is 5.85. The normalized spacial score (nSPS) is 12.0. The van der Waals surface area contributed by atoms with Gasteiger partial charge >= 0.3 is 5.97 Å². The van der Waals surface area contributed by atoms with Crippen LogP contribution in [0.5, 0.6) is 11.5 Å². The molecular formula is C23H21NO5S. The predicted octanol–water partition coefficient (Wildman–Crippen LogP) is 5.19. The summed E-state index contributed by atoms with van der Waals surface area (Å²) < 4.78 is 15.9. The van der Waals surface area contributed by atoms with Gasteiger partial charge in [0.25, 0.3) is 5.91 Å². The number of benzene rings is 2. The Hall–Kier alpha value is -3.32. The summed E-state index contributed by atoms with van der Waals surface area (Å²) >= 11 is 1.29. The fraction of sp³-hybridized carbons (Fsp3) is 0.217. The molecule has 1 amide bonds. The van der Waals surface area contributed by atoms with E-state index in [-0.39, 0.29) is 19.3 Å². The number of ether oxygens (including phenoxy) is 3. The van der Waals surface area contributed by atoms with E-state index in [0.717, 1.165) is 16.7 Å². The third-order valence-electron chi connectivity index (χ3n) is 4.95. The number of nitrogens with one attached hydrogen (secondary N) is 1. The highest BCUT2D eigenvalue weighted by atomic mass is 32.1. The van der Waals surface area contributed by atoms with E-state index in [2.05, 4.69) is 5.32 Å². The van der Waals surface area contributed by atoms with E-state index in [0.29, 0.717) is 27.6 Å². The molecule has 2 heterocycles. The molecule has 0 aliphatic carbocycles. The van der Waals surface area contributed by atoms with Crippen LogP contribution in [0.15, 0.2) is 41.8 Å². The van der Waals surface area contributed by atoms with Crippen LogP contribution in [0, 0.1) is 13.8 Å². The number of carbonyl (C=O) groups is 2. The smallest absolute Gasteiger partial charge is 0.341 e. The lowest BCUT2D eigenvalue weighted by molar-refractivity contribution is 0.0529. The Morgan fingerprint density at radius 2 is 1.87 bits per heavy atom. The lowest BCUT2D eigenvalue weighted by Crippen LogP contribution is -2.14. The minimum absolute atomic E-state index is 0.137. The van der Waals surface area contributed by atoms with Crippen LogP contribution in [-0.4, -0.2) is 25.3 Å². The van der Waals surface area contributed by atoms with Gasteiger partial charge in [0, 0.05) is 16.5 Å². The molecule has 30 heavy (non-hydrogen) atoms. The number of carbonyl (C=O) groups excluding carboxylic acids is 2. The zero-order chi connectivity index (χ0) is 21.3. The zero-order valence-corrected chi connectivity index (χ0v) is 17.7. The third kappa shape index (κ3) is 3.76. The van der Waals surface area contributed by atoms with Crippen molar-refractivity contribution in [1.82, 2.24) is 0 Å². The number of rotatable bonds is 5. The highest BCUT2D eigenvalue weighted by molar-refractivity contribution is 7.15. The highest BCUT2D eigenvalue weighted by Gasteiger charge is 2.24. The number of hydrogen-bond acceptors (Lipinski definition) is 6. The van der Waals surface area contributed by atoms with Gasteiger partial charge in [-0.25, -0.2) is 4.79 Å². The van der Waals surface area contributed by atoms with Crippen molar-refractivity contribution in [3.63, 3.8) is 0 Å². The lowest BCUT2D eigenvalue weighted by Gasteiger charge is -2.10. The maximum Gasteiger partial charge on any atom is 0.341 e. The second-order valence-corrected chi connectivity index (χ2v) is 7.77. The van der Waals surface area contributed by atoms with Crippen molar-refractivity contribution >= 4 is 28.2 Å². The summed E-state index contributed by atoms with van der Waals surface area (Å²) in [5, 5.41) is 5.17. The summed E-state index contributed by atoms with van der Waals surface area (Å²) in [4.78, 5) is 25.6. The van der Waals surface area contributed by atoms with Gasteiger partial charge in [-0.15, -0.1) is 11.3 Å². The first kappa shape index (κ1) is 20.0. The Labute approximate surface area is 178 Å². The van der Waals surface area contributed by atoms with Gasteiger partial charge in [0.15, 0.2) is 11.5 Å². The monoisotopic (exact) mass is 423 g/mol. The summed E-state index contributed by atoms with van der Waals surface area (Å²) in [7, 11) is 0.